The van der Waals surface area contributed by atoms with Crippen molar-refractivity contribution >= 4 is 23.6 Å². The van der Waals surface area contributed by atoms with Gasteiger partial charge in [0, 0.05) is 18.0 Å². The second-order valence-corrected chi connectivity index (χ2v) is 9.42. The fraction of sp³-hybridized carbons (Fsp3) is 0.440. The largest absolute Gasteiger partial charge is 0.345 e. The number of thioether (sulfide) groups is 1. The number of amides is 2. The van der Waals surface area contributed by atoms with Crippen molar-refractivity contribution < 1.29 is 9.59 Å². The van der Waals surface area contributed by atoms with E-state index in [1.807, 2.05) is 36.1 Å². The molecule has 1 N–H and O–H groups in total. The second kappa shape index (κ2) is 10.7. The molecule has 5 heteroatoms. The summed E-state index contributed by atoms with van der Waals surface area (Å²) >= 11 is 1.45. The Morgan fingerprint density at radius 3 is 2.33 bits per heavy atom. The van der Waals surface area contributed by atoms with E-state index in [0.29, 0.717) is 17.2 Å². The van der Waals surface area contributed by atoms with E-state index in [9.17, 15) is 9.59 Å². The van der Waals surface area contributed by atoms with Crippen LogP contribution in [0, 0.1) is 5.92 Å². The van der Waals surface area contributed by atoms with Gasteiger partial charge >= 0.3 is 0 Å². The third-order valence-corrected chi connectivity index (χ3v) is 6.47. The average molecular weight is 425 g/mol. The lowest BCUT2D eigenvalue weighted by atomic mass is 10.00. The molecule has 1 atom stereocenters. The normalized spacial score (nSPS) is 14.7. The van der Waals surface area contributed by atoms with Crippen LogP contribution in [0.1, 0.15) is 61.1 Å². The van der Waals surface area contributed by atoms with Gasteiger partial charge in [0.2, 0.25) is 5.91 Å². The number of benzene rings is 2. The van der Waals surface area contributed by atoms with E-state index >= 15 is 0 Å². The molecular weight excluding hydrogens is 392 g/mol. The van der Waals surface area contributed by atoms with E-state index in [1.165, 1.54) is 17.3 Å². The van der Waals surface area contributed by atoms with Crippen LogP contribution in [0.4, 0.5) is 0 Å². The first-order valence-electron chi connectivity index (χ1n) is 10.8. The number of rotatable bonds is 8. The Balaban J connectivity index is 1.61. The summed E-state index contributed by atoms with van der Waals surface area (Å²) in [6.07, 6.45) is 3.24. The monoisotopic (exact) mass is 424 g/mol. The zero-order valence-electron chi connectivity index (χ0n) is 18.2. The van der Waals surface area contributed by atoms with Crippen LogP contribution in [0.5, 0.6) is 0 Å². The standard InChI is InChI=1S/C25H32N2O2S/c1-18(2)16-20-10-12-21(13-11-20)19(3)26-25(29)22-8-4-5-9-23(22)30-17-24(28)27-14-6-7-15-27/h4-5,8-13,18-19H,6-7,14-17H2,1-3H3,(H,26,29). The first kappa shape index (κ1) is 22.4. The first-order chi connectivity index (χ1) is 14.4. The van der Waals surface area contributed by atoms with Gasteiger partial charge in [-0.3, -0.25) is 9.59 Å². The van der Waals surface area contributed by atoms with Gasteiger partial charge in [-0.2, -0.15) is 0 Å². The summed E-state index contributed by atoms with van der Waals surface area (Å²) in [7, 11) is 0. The van der Waals surface area contributed by atoms with Gasteiger partial charge in [0.1, 0.15) is 0 Å². The summed E-state index contributed by atoms with van der Waals surface area (Å²) in [5.74, 6) is 1.05. The lowest BCUT2D eigenvalue weighted by molar-refractivity contribution is -0.127. The Bertz CT molecular complexity index is 858. The molecule has 1 heterocycles. The smallest absolute Gasteiger partial charge is 0.252 e. The zero-order chi connectivity index (χ0) is 21.5. The molecule has 1 aliphatic rings. The molecule has 160 valence electrons. The van der Waals surface area contributed by atoms with Crippen molar-refractivity contribution in [2.75, 3.05) is 18.8 Å². The molecule has 30 heavy (non-hydrogen) atoms. The van der Waals surface area contributed by atoms with Crippen LogP contribution in [-0.2, 0) is 11.2 Å². The Kier molecular flexibility index (Phi) is 7.97. The molecule has 0 aliphatic carbocycles. The second-order valence-electron chi connectivity index (χ2n) is 8.41. The summed E-state index contributed by atoms with van der Waals surface area (Å²) in [5.41, 5.74) is 3.03. The Hall–Kier alpha value is -2.27. The summed E-state index contributed by atoms with van der Waals surface area (Å²) in [5, 5.41) is 3.11. The van der Waals surface area contributed by atoms with Crippen molar-refractivity contribution in [2.45, 2.75) is 51.0 Å². The molecule has 1 fully saturated rings. The van der Waals surface area contributed by atoms with Crippen molar-refractivity contribution in [3.8, 4) is 0 Å². The highest BCUT2D eigenvalue weighted by molar-refractivity contribution is 8.00. The van der Waals surface area contributed by atoms with Gasteiger partial charge in [0.05, 0.1) is 17.4 Å². The highest BCUT2D eigenvalue weighted by atomic mass is 32.2. The summed E-state index contributed by atoms with van der Waals surface area (Å²) < 4.78 is 0. The predicted molar refractivity (Wildman–Crippen MR) is 124 cm³/mol. The number of carbonyl (C=O) groups excluding carboxylic acids is 2. The first-order valence-corrected chi connectivity index (χ1v) is 11.8. The van der Waals surface area contributed by atoms with Crippen molar-refractivity contribution in [3.05, 3.63) is 65.2 Å². The molecule has 0 aromatic heterocycles. The molecule has 4 nitrogen and oxygen atoms in total. The number of carbonyl (C=O) groups is 2. The van der Waals surface area contributed by atoms with Crippen LogP contribution in [-0.4, -0.2) is 35.6 Å². The van der Waals surface area contributed by atoms with Gasteiger partial charge in [-0.05, 0) is 55.4 Å². The molecule has 1 unspecified atom stereocenters. The maximum atomic E-state index is 12.9. The Morgan fingerprint density at radius 2 is 1.67 bits per heavy atom. The number of nitrogens with one attached hydrogen (secondary N) is 1. The van der Waals surface area contributed by atoms with Gasteiger partial charge < -0.3 is 10.2 Å². The van der Waals surface area contributed by atoms with Crippen molar-refractivity contribution in [1.82, 2.24) is 10.2 Å². The minimum Gasteiger partial charge on any atom is -0.345 e. The van der Waals surface area contributed by atoms with Gasteiger partial charge in [-0.15, -0.1) is 11.8 Å². The fourth-order valence-electron chi connectivity index (χ4n) is 3.75. The molecule has 2 aromatic rings. The number of hydrogen-bond acceptors (Lipinski definition) is 3. The average Bonchev–Trinajstić information content (AvgIpc) is 3.27. The van der Waals surface area contributed by atoms with Gasteiger partial charge in [-0.25, -0.2) is 0 Å². The number of hydrogen-bond donors (Lipinski definition) is 1. The molecule has 2 amide bonds. The van der Waals surface area contributed by atoms with E-state index in [-0.39, 0.29) is 17.9 Å². The number of likely N-dealkylation sites (tertiary alicyclic amines) is 1. The molecule has 1 saturated heterocycles. The quantitative estimate of drug-likeness (QED) is 0.601. The third-order valence-electron chi connectivity index (χ3n) is 5.41. The maximum absolute atomic E-state index is 12.9. The molecular formula is C25H32N2O2S. The topological polar surface area (TPSA) is 49.4 Å². The molecule has 0 bridgehead atoms. The van der Waals surface area contributed by atoms with Gasteiger partial charge in [0.15, 0.2) is 0 Å². The van der Waals surface area contributed by atoms with Crippen LogP contribution in [0.15, 0.2) is 53.4 Å². The molecule has 2 aromatic carbocycles. The fourth-order valence-corrected chi connectivity index (χ4v) is 4.70. The summed E-state index contributed by atoms with van der Waals surface area (Å²) in [6.45, 7) is 8.14. The van der Waals surface area contributed by atoms with E-state index in [0.717, 1.165) is 42.8 Å². The number of nitrogens with zero attached hydrogens (tertiary/aromatic N) is 1. The van der Waals surface area contributed by atoms with Gasteiger partial charge in [0.25, 0.3) is 5.91 Å². The van der Waals surface area contributed by atoms with Crippen LogP contribution in [0.3, 0.4) is 0 Å². The maximum Gasteiger partial charge on any atom is 0.252 e. The molecule has 0 radical (unpaired) electrons. The van der Waals surface area contributed by atoms with Crippen LogP contribution < -0.4 is 5.32 Å². The summed E-state index contributed by atoms with van der Waals surface area (Å²) in [4.78, 5) is 28.1. The minimum absolute atomic E-state index is 0.0881. The molecule has 0 saturated carbocycles. The molecule has 3 rings (SSSR count). The lowest BCUT2D eigenvalue weighted by Gasteiger charge is -2.17. The zero-order valence-corrected chi connectivity index (χ0v) is 19.0. The highest BCUT2D eigenvalue weighted by Crippen LogP contribution is 2.25. The van der Waals surface area contributed by atoms with E-state index in [2.05, 4.69) is 43.4 Å². The van der Waals surface area contributed by atoms with Crippen molar-refractivity contribution in [2.24, 2.45) is 5.92 Å². The van der Waals surface area contributed by atoms with Crippen molar-refractivity contribution in [1.29, 1.82) is 0 Å². The lowest BCUT2D eigenvalue weighted by Crippen LogP contribution is -2.29. The van der Waals surface area contributed by atoms with Gasteiger partial charge in [-0.1, -0.05) is 50.2 Å². The van der Waals surface area contributed by atoms with Crippen LogP contribution >= 0.6 is 11.8 Å². The van der Waals surface area contributed by atoms with Crippen LogP contribution in [0.2, 0.25) is 0 Å². The van der Waals surface area contributed by atoms with E-state index in [4.69, 9.17) is 0 Å². The minimum atomic E-state index is -0.106. The predicted octanol–water partition coefficient (Wildman–Crippen LogP) is 5.09. The SMILES string of the molecule is CC(C)Cc1ccc(C(C)NC(=O)c2ccccc2SCC(=O)N2CCCC2)cc1. The molecule has 0 spiro atoms. The van der Waals surface area contributed by atoms with Crippen molar-refractivity contribution in [3.63, 3.8) is 0 Å². The Labute approximate surface area is 184 Å². The summed E-state index contributed by atoms with van der Waals surface area (Å²) in [6, 6.07) is 15.9. The van der Waals surface area contributed by atoms with E-state index < -0.39 is 0 Å². The molecule has 1 aliphatic heterocycles. The Morgan fingerprint density at radius 1 is 1.00 bits per heavy atom. The van der Waals surface area contributed by atoms with Crippen LogP contribution in [0.25, 0.3) is 0 Å². The van der Waals surface area contributed by atoms with E-state index in [1.54, 1.807) is 0 Å². The highest BCUT2D eigenvalue weighted by Gasteiger charge is 2.20. The third kappa shape index (κ3) is 6.11.